The minimum Gasteiger partial charge on any atom is -0.350 e. The van der Waals surface area contributed by atoms with Gasteiger partial charge in [0.05, 0.1) is 22.8 Å². The number of nitrogens with zero attached hydrogens (tertiary/aromatic N) is 2. The monoisotopic (exact) mass is 469 g/mol. The van der Waals surface area contributed by atoms with Crippen LogP contribution in [-0.2, 0) is 22.8 Å². The van der Waals surface area contributed by atoms with Crippen LogP contribution < -0.4 is 10.6 Å². The van der Waals surface area contributed by atoms with Gasteiger partial charge in [0.2, 0.25) is 0 Å². The van der Waals surface area contributed by atoms with E-state index in [9.17, 15) is 18.4 Å². The molecule has 3 N–H and O–H groups in total. The first-order valence-electron chi connectivity index (χ1n) is 9.94. The number of carbonyl (C=O) groups is 1. The molecule has 0 radical (unpaired) electrons. The summed E-state index contributed by atoms with van der Waals surface area (Å²) in [6.45, 7) is 0.663. The topological polar surface area (TPSA) is 104 Å². The fraction of sp³-hybridized carbons (Fsp3) is 0.174. The average molecular weight is 470 g/mol. The van der Waals surface area contributed by atoms with Gasteiger partial charge in [-0.3, -0.25) is 5.21 Å². The highest BCUT2D eigenvalue weighted by Gasteiger charge is 2.24. The van der Waals surface area contributed by atoms with Gasteiger partial charge in [-0.2, -0.15) is 0 Å². The van der Waals surface area contributed by atoms with Crippen LogP contribution in [0, 0.1) is 0 Å². The van der Waals surface area contributed by atoms with Gasteiger partial charge in [0.1, 0.15) is 0 Å². The lowest BCUT2D eigenvalue weighted by atomic mass is 10.1. The van der Waals surface area contributed by atoms with E-state index in [-0.39, 0.29) is 6.54 Å². The summed E-state index contributed by atoms with van der Waals surface area (Å²) >= 11 is 1.69. The Bertz CT molecular complexity index is 1260. The van der Waals surface area contributed by atoms with Crippen molar-refractivity contribution in [2.75, 3.05) is 17.7 Å². The van der Waals surface area contributed by atoms with Gasteiger partial charge < -0.3 is 10.6 Å². The highest BCUT2D eigenvalue weighted by atomic mass is 32.2. The number of primary amides is 1. The maximum atomic E-state index is 11.8. The zero-order valence-electron chi connectivity index (χ0n) is 17.4. The van der Waals surface area contributed by atoms with Gasteiger partial charge in [-0.1, -0.05) is 42.1 Å². The van der Waals surface area contributed by atoms with Crippen LogP contribution in [0.5, 0.6) is 0 Å². The van der Waals surface area contributed by atoms with Gasteiger partial charge in [-0.25, -0.2) is 18.3 Å². The number of carbonyl (C=O) groups excluding carboxylic acids is 1. The smallest absolute Gasteiger partial charge is 0.338 e. The van der Waals surface area contributed by atoms with Crippen molar-refractivity contribution >= 4 is 39.0 Å². The van der Waals surface area contributed by atoms with Crippen LogP contribution in [0.1, 0.15) is 11.1 Å². The predicted molar refractivity (Wildman–Crippen MR) is 124 cm³/mol. The van der Waals surface area contributed by atoms with E-state index in [0.717, 1.165) is 32.3 Å². The molecule has 3 aromatic rings. The van der Waals surface area contributed by atoms with E-state index in [2.05, 4.69) is 23.1 Å². The van der Waals surface area contributed by atoms with Gasteiger partial charge in [0, 0.05) is 22.6 Å². The summed E-state index contributed by atoms with van der Waals surface area (Å²) in [5.74, 6) is 0. The minimum atomic E-state index is -3.25. The first-order valence-corrected chi connectivity index (χ1v) is 12.7. The molecule has 0 fully saturated rings. The van der Waals surface area contributed by atoms with Crippen LogP contribution in [0.2, 0.25) is 0 Å². The van der Waals surface area contributed by atoms with Crippen LogP contribution in [-0.4, -0.2) is 37.5 Å². The first kappa shape index (κ1) is 22.2. The molecule has 0 unspecified atom stereocenters. The van der Waals surface area contributed by atoms with Crippen molar-refractivity contribution in [1.82, 2.24) is 5.06 Å². The summed E-state index contributed by atoms with van der Waals surface area (Å²) in [6, 6.07) is 20.3. The Morgan fingerprint density at radius 1 is 1.00 bits per heavy atom. The van der Waals surface area contributed by atoms with Gasteiger partial charge in [-0.05, 0) is 53.9 Å². The SMILES string of the molecule is CS(=O)(=O)c1ccc(CN2c3ccccc3Sc3ccc(CCN(O)C(N)=O)cc32)cc1. The second-order valence-electron chi connectivity index (χ2n) is 7.59. The van der Waals surface area contributed by atoms with Crippen LogP contribution in [0.4, 0.5) is 16.2 Å². The zero-order valence-corrected chi connectivity index (χ0v) is 19.1. The molecule has 0 atom stereocenters. The maximum absolute atomic E-state index is 11.8. The fourth-order valence-electron chi connectivity index (χ4n) is 3.57. The van der Waals surface area contributed by atoms with E-state index in [1.165, 1.54) is 6.26 Å². The van der Waals surface area contributed by atoms with Crippen LogP contribution in [0.25, 0.3) is 0 Å². The van der Waals surface area contributed by atoms with E-state index in [0.29, 0.717) is 22.9 Å². The third-order valence-electron chi connectivity index (χ3n) is 5.25. The summed E-state index contributed by atoms with van der Waals surface area (Å²) in [5, 5.41) is 10.1. The third-order valence-corrected chi connectivity index (χ3v) is 7.51. The molecular weight excluding hydrogens is 446 g/mol. The Hall–Kier alpha value is -3.01. The van der Waals surface area contributed by atoms with Crippen molar-refractivity contribution in [1.29, 1.82) is 0 Å². The summed E-state index contributed by atoms with van der Waals surface area (Å²) in [4.78, 5) is 15.8. The molecule has 0 spiro atoms. The number of sulfone groups is 1. The number of hydrogen-bond donors (Lipinski definition) is 2. The molecule has 32 heavy (non-hydrogen) atoms. The Morgan fingerprint density at radius 3 is 2.34 bits per heavy atom. The number of hydrogen-bond acceptors (Lipinski definition) is 6. The molecular formula is C23H23N3O4S2. The van der Waals surface area contributed by atoms with Gasteiger partial charge in [0.15, 0.2) is 9.84 Å². The second-order valence-corrected chi connectivity index (χ2v) is 10.7. The molecule has 4 rings (SSSR count). The molecule has 0 aromatic heterocycles. The van der Waals surface area contributed by atoms with E-state index in [1.807, 2.05) is 36.4 Å². The summed E-state index contributed by atoms with van der Waals surface area (Å²) in [5.41, 5.74) is 9.12. The Balaban J connectivity index is 1.67. The molecule has 1 aliphatic heterocycles. The van der Waals surface area contributed by atoms with E-state index in [1.54, 1.807) is 23.9 Å². The van der Waals surface area contributed by atoms with Gasteiger partial charge >= 0.3 is 6.03 Å². The highest BCUT2D eigenvalue weighted by molar-refractivity contribution is 7.99. The van der Waals surface area contributed by atoms with Crippen LogP contribution >= 0.6 is 11.8 Å². The highest BCUT2D eigenvalue weighted by Crippen LogP contribution is 2.48. The van der Waals surface area contributed by atoms with Gasteiger partial charge in [0.25, 0.3) is 0 Å². The number of rotatable bonds is 6. The largest absolute Gasteiger partial charge is 0.350 e. The first-order chi connectivity index (χ1) is 15.2. The predicted octanol–water partition coefficient (Wildman–Crippen LogP) is 4.21. The molecule has 0 saturated carbocycles. The lowest BCUT2D eigenvalue weighted by molar-refractivity contribution is -0.0382. The van der Waals surface area contributed by atoms with Crippen molar-refractivity contribution in [3.8, 4) is 0 Å². The molecule has 0 aliphatic carbocycles. The molecule has 0 bridgehead atoms. The van der Waals surface area contributed by atoms with Gasteiger partial charge in [-0.15, -0.1) is 0 Å². The zero-order chi connectivity index (χ0) is 22.9. The van der Waals surface area contributed by atoms with E-state index in [4.69, 9.17) is 5.73 Å². The third kappa shape index (κ3) is 4.74. The molecule has 2 amide bonds. The molecule has 166 valence electrons. The van der Waals surface area contributed by atoms with Crippen molar-refractivity contribution < 1.29 is 18.4 Å². The Labute approximate surface area is 191 Å². The number of para-hydroxylation sites is 1. The lowest BCUT2D eigenvalue weighted by Gasteiger charge is -2.33. The number of benzene rings is 3. The Kier molecular flexibility index (Phi) is 6.14. The standard InChI is InChI=1S/C23H23N3O4S2/c1-32(29,30)18-9-6-17(7-10-18)15-25-19-4-2-3-5-21(19)31-22-11-8-16(14-20(22)25)12-13-26(28)23(24)27/h2-11,14,28H,12-13,15H2,1H3,(H2,24,27). The maximum Gasteiger partial charge on any atom is 0.338 e. The summed E-state index contributed by atoms with van der Waals surface area (Å²) in [6.07, 6.45) is 1.65. The molecule has 7 nitrogen and oxygen atoms in total. The number of nitrogens with two attached hydrogens (primary N) is 1. The van der Waals surface area contributed by atoms with Crippen molar-refractivity contribution in [3.05, 3.63) is 77.9 Å². The van der Waals surface area contributed by atoms with Crippen molar-refractivity contribution in [3.63, 3.8) is 0 Å². The molecule has 1 heterocycles. The van der Waals surface area contributed by atoms with E-state index >= 15 is 0 Å². The van der Waals surface area contributed by atoms with Crippen molar-refractivity contribution in [2.24, 2.45) is 5.73 Å². The molecule has 9 heteroatoms. The minimum absolute atomic E-state index is 0.102. The lowest BCUT2D eigenvalue weighted by Crippen LogP contribution is -2.34. The van der Waals surface area contributed by atoms with Crippen LogP contribution in [0.3, 0.4) is 0 Å². The van der Waals surface area contributed by atoms with E-state index < -0.39 is 15.9 Å². The normalized spacial score (nSPS) is 12.8. The quantitative estimate of drug-likeness (QED) is 0.414. The molecule has 0 saturated heterocycles. The fourth-order valence-corrected chi connectivity index (χ4v) is 5.28. The Morgan fingerprint density at radius 2 is 1.66 bits per heavy atom. The molecule has 3 aromatic carbocycles. The second kappa shape index (κ2) is 8.85. The number of fused-ring (bicyclic) bond motifs is 2. The molecule has 1 aliphatic rings. The number of amides is 2. The number of urea groups is 1. The average Bonchev–Trinajstić information content (AvgIpc) is 2.77. The summed E-state index contributed by atoms with van der Waals surface area (Å²) in [7, 11) is -3.25. The number of anilines is 2. The number of hydroxylamine groups is 2. The summed E-state index contributed by atoms with van der Waals surface area (Å²) < 4.78 is 23.6. The van der Waals surface area contributed by atoms with Crippen LogP contribution in [0.15, 0.2) is 81.4 Å². The van der Waals surface area contributed by atoms with Crippen molar-refractivity contribution in [2.45, 2.75) is 27.7 Å².